The Morgan fingerprint density at radius 2 is 2.00 bits per heavy atom. The fraction of sp³-hybridized carbons (Fsp3) is 0.235. The largest absolute Gasteiger partial charge is 0.496 e. The predicted molar refractivity (Wildman–Crippen MR) is 88.9 cm³/mol. The van der Waals surface area contributed by atoms with Crippen LogP contribution in [0.4, 0.5) is 5.82 Å². The first kappa shape index (κ1) is 14.7. The van der Waals surface area contributed by atoms with Crippen molar-refractivity contribution >= 4 is 28.4 Å². The quantitative estimate of drug-likeness (QED) is 0.740. The minimum Gasteiger partial charge on any atom is -0.496 e. The molecule has 2 aromatic carbocycles. The summed E-state index contributed by atoms with van der Waals surface area (Å²) in [5.74, 6) is 1.77. The lowest BCUT2D eigenvalue weighted by Gasteiger charge is -2.13. The van der Waals surface area contributed by atoms with E-state index in [4.69, 9.17) is 20.9 Å². The van der Waals surface area contributed by atoms with Crippen molar-refractivity contribution in [1.29, 1.82) is 0 Å². The van der Waals surface area contributed by atoms with Gasteiger partial charge in [-0.1, -0.05) is 41.9 Å². The van der Waals surface area contributed by atoms with Crippen LogP contribution >= 0.6 is 11.6 Å². The number of nitrogens with one attached hydrogen (secondary N) is 1. The monoisotopic (exact) mass is 316 g/mol. The van der Waals surface area contributed by atoms with Gasteiger partial charge in [0.2, 0.25) is 0 Å². The van der Waals surface area contributed by atoms with E-state index in [1.165, 1.54) is 5.56 Å². The Kier molecular flexibility index (Phi) is 4.20. The maximum Gasteiger partial charge on any atom is 0.181 e. The number of halogens is 1. The van der Waals surface area contributed by atoms with Crippen LogP contribution in [-0.2, 0) is 0 Å². The van der Waals surface area contributed by atoms with Gasteiger partial charge in [0.15, 0.2) is 11.4 Å². The number of anilines is 1. The van der Waals surface area contributed by atoms with Gasteiger partial charge in [0.05, 0.1) is 7.11 Å². The van der Waals surface area contributed by atoms with E-state index >= 15 is 0 Å². The van der Waals surface area contributed by atoms with E-state index in [1.807, 2.05) is 42.5 Å². The fourth-order valence-corrected chi connectivity index (χ4v) is 2.54. The van der Waals surface area contributed by atoms with Gasteiger partial charge in [0.25, 0.3) is 0 Å². The number of nitrogens with zero attached hydrogens (tertiary/aromatic N) is 1. The second-order valence-electron chi connectivity index (χ2n) is 5.20. The molecule has 0 saturated carbocycles. The van der Waals surface area contributed by atoms with Crippen molar-refractivity contribution in [2.75, 3.05) is 19.0 Å². The summed E-state index contributed by atoms with van der Waals surface area (Å²) in [7, 11) is 1.64. The molecule has 0 aliphatic rings. The van der Waals surface area contributed by atoms with E-state index in [0.717, 1.165) is 22.7 Å². The lowest BCUT2D eigenvalue weighted by atomic mass is 10.0. The highest BCUT2D eigenvalue weighted by atomic mass is 35.5. The highest BCUT2D eigenvalue weighted by Gasteiger charge is 2.14. The number of hydrogen-bond acceptors (Lipinski definition) is 4. The van der Waals surface area contributed by atoms with Gasteiger partial charge >= 0.3 is 0 Å². The number of benzene rings is 2. The Labute approximate surface area is 134 Å². The highest BCUT2D eigenvalue weighted by molar-refractivity contribution is 6.30. The molecule has 0 aliphatic heterocycles. The SMILES string of the molecule is COc1cccc2onc(NCC(C)c3ccc(Cl)cc3)c12. The van der Waals surface area contributed by atoms with E-state index in [0.29, 0.717) is 17.3 Å². The molecule has 0 aliphatic carbocycles. The molecular formula is C17H17ClN2O2. The molecule has 114 valence electrons. The minimum absolute atomic E-state index is 0.318. The molecule has 0 bridgehead atoms. The molecule has 1 atom stereocenters. The van der Waals surface area contributed by atoms with E-state index in [2.05, 4.69) is 17.4 Å². The van der Waals surface area contributed by atoms with Crippen molar-refractivity contribution in [2.24, 2.45) is 0 Å². The van der Waals surface area contributed by atoms with Crippen LogP contribution in [0.3, 0.4) is 0 Å². The first-order chi connectivity index (χ1) is 10.7. The van der Waals surface area contributed by atoms with Crippen LogP contribution in [0.15, 0.2) is 47.0 Å². The van der Waals surface area contributed by atoms with Crippen molar-refractivity contribution in [3.63, 3.8) is 0 Å². The maximum absolute atomic E-state index is 5.92. The summed E-state index contributed by atoms with van der Waals surface area (Å²) in [6.45, 7) is 2.89. The normalized spacial score (nSPS) is 12.3. The van der Waals surface area contributed by atoms with Crippen LogP contribution in [0.25, 0.3) is 11.0 Å². The topological polar surface area (TPSA) is 47.3 Å². The standard InChI is InChI=1S/C17H17ClN2O2/c1-11(12-6-8-13(18)9-7-12)10-19-17-16-14(21-2)4-3-5-15(16)22-20-17/h3-9,11H,10H2,1-2H3,(H,19,20). The molecule has 1 unspecified atom stereocenters. The fourth-order valence-electron chi connectivity index (χ4n) is 2.41. The molecule has 3 rings (SSSR count). The van der Waals surface area contributed by atoms with E-state index in [-0.39, 0.29) is 0 Å². The van der Waals surface area contributed by atoms with Crippen LogP contribution in [0.5, 0.6) is 5.75 Å². The third-order valence-corrected chi connectivity index (χ3v) is 3.95. The first-order valence-corrected chi connectivity index (χ1v) is 7.48. The number of aromatic nitrogens is 1. The Balaban J connectivity index is 1.78. The zero-order valence-corrected chi connectivity index (χ0v) is 13.2. The molecule has 0 spiro atoms. The molecule has 0 radical (unpaired) electrons. The van der Waals surface area contributed by atoms with Crippen molar-refractivity contribution in [2.45, 2.75) is 12.8 Å². The number of fused-ring (bicyclic) bond motifs is 1. The Hall–Kier alpha value is -2.20. The third-order valence-electron chi connectivity index (χ3n) is 3.69. The molecule has 5 heteroatoms. The molecule has 1 heterocycles. The second kappa shape index (κ2) is 6.28. The van der Waals surface area contributed by atoms with Gasteiger partial charge < -0.3 is 14.6 Å². The molecule has 0 fully saturated rings. The minimum atomic E-state index is 0.318. The summed E-state index contributed by atoms with van der Waals surface area (Å²) >= 11 is 5.92. The van der Waals surface area contributed by atoms with Crippen LogP contribution in [0.2, 0.25) is 5.02 Å². The van der Waals surface area contributed by atoms with Crippen LogP contribution in [-0.4, -0.2) is 18.8 Å². The van der Waals surface area contributed by atoms with Gasteiger partial charge in [-0.25, -0.2) is 0 Å². The second-order valence-corrected chi connectivity index (χ2v) is 5.63. The van der Waals surface area contributed by atoms with Gasteiger partial charge in [-0.05, 0) is 35.7 Å². The van der Waals surface area contributed by atoms with Crippen molar-refractivity contribution in [1.82, 2.24) is 5.16 Å². The Morgan fingerprint density at radius 1 is 1.23 bits per heavy atom. The molecular weight excluding hydrogens is 300 g/mol. The summed E-state index contributed by atoms with van der Waals surface area (Å²) in [4.78, 5) is 0. The zero-order valence-electron chi connectivity index (χ0n) is 12.5. The Morgan fingerprint density at radius 3 is 2.73 bits per heavy atom. The number of methoxy groups -OCH3 is 1. The highest BCUT2D eigenvalue weighted by Crippen LogP contribution is 2.32. The molecule has 1 aromatic heterocycles. The molecule has 22 heavy (non-hydrogen) atoms. The number of hydrogen-bond donors (Lipinski definition) is 1. The van der Waals surface area contributed by atoms with Gasteiger partial charge in [-0.3, -0.25) is 0 Å². The lowest BCUT2D eigenvalue weighted by molar-refractivity contribution is 0.419. The summed E-state index contributed by atoms with van der Waals surface area (Å²) < 4.78 is 10.7. The molecule has 3 aromatic rings. The predicted octanol–water partition coefficient (Wildman–Crippen LogP) is 4.71. The van der Waals surface area contributed by atoms with Crippen molar-refractivity contribution < 1.29 is 9.26 Å². The average molecular weight is 317 g/mol. The van der Waals surface area contributed by atoms with E-state index < -0.39 is 0 Å². The average Bonchev–Trinajstić information content (AvgIpc) is 2.96. The summed E-state index contributed by atoms with van der Waals surface area (Å²) in [6.07, 6.45) is 0. The summed E-state index contributed by atoms with van der Waals surface area (Å²) in [5, 5.41) is 9.05. The third kappa shape index (κ3) is 2.88. The molecule has 0 saturated heterocycles. The summed E-state index contributed by atoms with van der Waals surface area (Å²) in [5.41, 5.74) is 1.93. The molecule has 1 N–H and O–H groups in total. The first-order valence-electron chi connectivity index (χ1n) is 7.10. The van der Waals surface area contributed by atoms with Crippen molar-refractivity contribution in [3.8, 4) is 5.75 Å². The lowest BCUT2D eigenvalue weighted by Crippen LogP contribution is -2.10. The van der Waals surface area contributed by atoms with Gasteiger partial charge in [0, 0.05) is 11.6 Å². The van der Waals surface area contributed by atoms with E-state index in [1.54, 1.807) is 7.11 Å². The number of rotatable bonds is 5. The van der Waals surface area contributed by atoms with Crippen LogP contribution < -0.4 is 10.1 Å². The van der Waals surface area contributed by atoms with Gasteiger partial charge in [0.1, 0.15) is 11.1 Å². The van der Waals surface area contributed by atoms with Gasteiger partial charge in [-0.2, -0.15) is 0 Å². The Bertz CT molecular complexity index is 768. The maximum atomic E-state index is 5.92. The zero-order chi connectivity index (χ0) is 15.5. The van der Waals surface area contributed by atoms with Crippen LogP contribution in [0.1, 0.15) is 18.4 Å². The number of ether oxygens (including phenoxy) is 1. The van der Waals surface area contributed by atoms with E-state index in [9.17, 15) is 0 Å². The van der Waals surface area contributed by atoms with Crippen LogP contribution in [0, 0.1) is 0 Å². The van der Waals surface area contributed by atoms with Crippen molar-refractivity contribution in [3.05, 3.63) is 53.1 Å². The molecule has 0 amide bonds. The summed E-state index contributed by atoms with van der Waals surface area (Å²) in [6, 6.07) is 13.5. The molecule has 4 nitrogen and oxygen atoms in total. The van der Waals surface area contributed by atoms with Gasteiger partial charge in [-0.15, -0.1) is 0 Å². The smallest absolute Gasteiger partial charge is 0.181 e.